The molecule has 0 aliphatic heterocycles. The highest BCUT2D eigenvalue weighted by Gasteiger charge is 2.26. The van der Waals surface area contributed by atoms with E-state index in [1.807, 2.05) is 0 Å². The van der Waals surface area contributed by atoms with Gasteiger partial charge in [0.15, 0.2) is 0 Å². The number of hydrogen-bond acceptors (Lipinski definition) is 3. The summed E-state index contributed by atoms with van der Waals surface area (Å²) in [6.45, 7) is -0.197. The largest absolute Gasteiger partial charge is 0.389 e. The third-order valence-electron chi connectivity index (χ3n) is 2.34. The number of nitrogens with one attached hydrogen (secondary N) is 1. The first-order valence-electron chi connectivity index (χ1n) is 5.50. The fraction of sp³-hybridized carbons (Fsp3) is 0.364. The standard InChI is InChI=1S/C11H10ClF3N2O3/c12-9-7(3-1-4-8(9)17(19)20)10(18)16-6-2-5-11(13,14)15/h1,3-4H,2,5-6H2,(H,16,18). The number of nitrogens with zero attached hydrogens (tertiary/aromatic N) is 1. The van der Waals surface area contributed by atoms with Gasteiger partial charge in [0.25, 0.3) is 11.6 Å². The molecular formula is C11H10ClF3N2O3. The minimum absolute atomic E-state index is 0.145. The Labute approximate surface area is 116 Å². The number of rotatable bonds is 5. The lowest BCUT2D eigenvalue weighted by Gasteiger charge is -2.08. The van der Waals surface area contributed by atoms with Gasteiger partial charge in [0.2, 0.25) is 0 Å². The number of carbonyl (C=O) groups excluding carboxylic acids is 1. The average Bonchev–Trinajstić information content (AvgIpc) is 2.33. The van der Waals surface area contributed by atoms with Crippen LogP contribution in [-0.2, 0) is 0 Å². The van der Waals surface area contributed by atoms with Crippen LogP contribution in [0.15, 0.2) is 18.2 Å². The summed E-state index contributed by atoms with van der Waals surface area (Å²) in [5.74, 6) is -0.749. The minimum Gasteiger partial charge on any atom is -0.352 e. The summed E-state index contributed by atoms with van der Waals surface area (Å²) in [6.07, 6.45) is -5.58. The van der Waals surface area contributed by atoms with Crippen LogP contribution in [0.4, 0.5) is 18.9 Å². The normalized spacial score (nSPS) is 11.2. The maximum Gasteiger partial charge on any atom is 0.389 e. The number of halogens is 4. The summed E-state index contributed by atoms with van der Waals surface area (Å²) in [5, 5.41) is 12.5. The zero-order chi connectivity index (χ0) is 15.3. The molecule has 0 fully saturated rings. The van der Waals surface area contributed by atoms with Gasteiger partial charge in [0, 0.05) is 19.0 Å². The van der Waals surface area contributed by atoms with E-state index >= 15 is 0 Å². The molecule has 20 heavy (non-hydrogen) atoms. The van der Waals surface area contributed by atoms with Crippen molar-refractivity contribution in [1.82, 2.24) is 5.32 Å². The van der Waals surface area contributed by atoms with Crippen molar-refractivity contribution in [3.05, 3.63) is 38.9 Å². The Kier molecular flexibility index (Phi) is 5.32. The van der Waals surface area contributed by atoms with Crippen LogP contribution in [0.2, 0.25) is 5.02 Å². The fourth-order valence-corrected chi connectivity index (χ4v) is 1.70. The maximum atomic E-state index is 11.9. The van der Waals surface area contributed by atoms with Crippen LogP contribution in [0.25, 0.3) is 0 Å². The Morgan fingerprint density at radius 2 is 2.05 bits per heavy atom. The number of nitro benzene ring substituents is 1. The molecule has 0 heterocycles. The van der Waals surface area contributed by atoms with Crippen molar-refractivity contribution in [2.75, 3.05) is 6.54 Å². The quantitative estimate of drug-likeness (QED) is 0.515. The van der Waals surface area contributed by atoms with Gasteiger partial charge in [-0.1, -0.05) is 17.7 Å². The zero-order valence-electron chi connectivity index (χ0n) is 10.0. The molecule has 0 unspecified atom stereocenters. The second-order valence-electron chi connectivity index (χ2n) is 3.87. The van der Waals surface area contributed by atoms with E-state index < -0.39 is 29.1 Å². The first kappa shape index (κ1) is 16.2. The van der Waals surface area contributed by atoms with Crippen molar-refractivity contribution in [2.24, 2.45) is 0 Å². The summed E-state index contributed by atoms with van der Waals surface area (Å²) < 4.78 is 35.7. The molecule has 5 nitrogen and oxygen atoms in total. The van der Waals surface area contributed by atoms with Gasteiger partial charge in [-0.2, -0.15) is 13.2 Å². The van der Waals surface area contributed by atoms with E-state index in [0.29, 0.717) is 0 Å². The van der Waals surface area contributed by atoms with Crippen LogP contribution < -0.4 is 5.32 Å². The third kappa shape index (κ3) is 4.69. The molecule has 0 saturated carbocycles. The van der Waals surface area contributed by atoms with Crippen LogP contribution in [0.1, 0.15) is 23.2 Å². The number of benzene rings is 1. The fourth-order valence-electron chi connectivity index (χ4n) is 1.42. The zero-order valence-corrected chi connectivity index (χ0v) is 10.8. The molecule has 0 aliphatic carbocycles. The molecule has 1 amide bonds. The summed E-state index contributed by atoms with van der Waals surface area (Å²) in [4.78, 5) is 21.5. The number of hydrogen-bond donors (Lipinski definition) is 1. The molecular weight excluding hydrogens is 301 g/mol. The summed E-state index contributed by atoms with van der Waals surface area (Å²) >= 11 is 5.70. The van der Waals surface area contributed by atoms with Crippen molar-refractivity contribution in [3.63, 3.8) is 0 Å². The molecule has 0 bridgehead atoms. The molecule has 1 aromatic carbocycles. The van der Waals surface area contributed by atoms with Crippen LogP contribution in [0.3, 0.4) is 0 Å². The monoisotopic (exact) mass is 310 g/mol. The van der Waals surface area contributed by atoms with Gasteiger partial charge in [-0.15, -0.1) is 0 Å². The van der Waals surface area contributed by atoms with Gasteiger partial charge in [0.05, 0.1) is 10.5 Å². The molecule has 0 saturated heterocycles. The number of amides is 1. The predicted molar refractivity (Wildman–Crippen MR) is 65.7 cm³/mol. The van der Waals surface area contributed by atoms with Gasteiger partial charge < -0.3 is 5.32 Å². The number of nitro groups is 1. The summed E-state index contributed by atoms with van der Waals surface area (Å²) in [5.41, 5.74) is -0.581. The molecule has 9 heteroatoms. The average molecular weight is 311 g/mol. The topological polar surface area (TPSA) is 72.2 Å². The molecule has 0 radical (unpaired) electrons. The molecule has 110 valence electrons. The van der Waals surface area contributed by atoms with E-state index in [1.165, 1.54) is 12.1 Å². The highest BCUT2D eigenvalue weighted by Crippen LogP contribution is 2.27. The smallest absolute Gasteiger partial charge is 0.352 e. The Bertz CT molecular complexity index is 520. The van der Waals surface area contributed by atoms with Crippen LogP contribution in [0.5, 0.6) is 0 Å². The van der Waals surface area contributed by atoms with Crippen LogP contribution in [0, 0.1) is 10.1 Å². The van der Waals surface area contributed by atoms with Gasteiger partial charge in [-0.25, -0.2) is 0 Å². The Hall–Kier alpha value is -1.83. The molecule has 1 rings (SSSR count). The second-order valence-corrected chi connectivity index (χ2v) is 4.25. The van der Waals surface area contributed by atoms with Gasteiger partial charge in [0.1, 0.15) is 5.02 Å². The van der Waals surface area contributed by atoms with E-state index in [9.17, 15) is 28.1 Å². The van der Waals surface area contributed by atoms with E-state index in [0.717, 1.165) is 6.07 Å². The van der Waals surface area contributed by atoms with Gasteiger partial charge in [-0.3, -0.25) is 14.9 Å². The van der Waals surface area contributed by atoms with Crippen LogP contribution in [-0.4, -0.2) is 23.6 Å². The Morgan fingerprint density at radius 3 is 2.60 bits per heavy atom. The Balaban J connectivity index is 2.65. The molecule has 0 aliphatic rings. The van der Waals surface area contributed by atoms with E-state index in [1.54, 1.807) is 0 Å². The van der Waals surface area contributed by atoms with Gasteiger partial charge in [-0.05, 0) is 12.5 Å². The second kappa shape index (κ2) is 6.56. The van der Waals surface area contributed by atoms with Crippen LogP contribution >= 0.6 is 11.6 Å². The first-order valence-corrected chi connectivity index (χ1v) is 5.88. The van der Waals surface area contributed by atoms with E-state index in [-0.39, 0.29) is 23.6 Å². The van der Waals surface area contributed by atoms with Crippen molar-refractivity contribution in [1.29, 1.82) is 0 Å². The molecule has 0 spiro atoms. The number of carbonyl (C=O) groups is 1. The third-order valence-corrected chi connectivity index (χ3v) is 2.74. The molecule has 0 atom stereocenters. The minimum atomic E-state index is -4.28. The molecule has 1 aromatic rings. The SMILES string of the molecule is O=C(NCCCC(F)(F)F)c1cccc([N+](=O)[O-])c1Cl. The first-order chi connectivity index (χ1) is 9.22. The lowest BCUT2D eigenvalue weighted by atomic mass is 10.2. The Morgan fingerprint density at radius 1 is 1.40 bits per heavy atom. The van der Waals surface area contributed by atoms with Gasteiger partial charge >= 0.3 is 6.18 Å². The summed E-state index contributed by atoms with van der Waals surface area (Å²) in [7, 11) is 0. The van der Waals surface area contributed by atoms with E-state index in [2.05, 4.69) is 5.32 Å². The summed E-state index contributed by atoms with van der Waals surface area (Å²) in [6, 6.07) is 3.66. The van der Waals surface area contributed by atoms with Crippen molar-refractivity contribution >= 4 is 23.2 Å². The van der Waals surface area contributed by atoms with Crippen molar-refractivity contribution in [3.8, 4) is 0 Å². The number of alkyl halides is 3. The highest BCUT2D eigenvalue weighted by atomic mass is 35.5. The lowest BCUT2D eigenvalue weighted by Crippen LogP contribution is -2.26. The van der Waals surface area contributed by atoms with E-state index in [4.69, 9.17) is 11.6 Å². The van der Waals surface area contributed by atoms with Crippen molar-refractivity contribution in [2.45, 2.75) is 19.0 Å². The molecule has 1 N–H and O–H groups in total. The predicted octanol–water partition coefficient (Wildman–Crippen LogP) is 3.32. The molecule has 0 aromatic heterocycles. The lowest BCUT2D eigenvalue weighted by molar-refractivity contribution is -0.384. The van der Waals surface area contributed by atoms with Crippen molar-refractivity contribution < 1.29 is 22.9 Å². The highest BCUT2D eigenvalue weighted by molar-refractivity contribution is 6.35. The maximum absolute atomic E-state index is 11.9.